The Morgan fingerprint density at radius 1 is 1.24 bits per heavy atom. The molecule has 17 heavy (non-hydrogen) atoms. The molecule has 0 bridgehead atoms. The molecule has 0 unspecified atom stereocenters. The predicted octanol–water partition coefficient (Wildman–Crippen LogP) is 1.68. The SMILES string of the molecule is On1ccccc1=S.[O-][n+]1ccccc1[S-].[Zn]. The smallest absolute Gasteiger partial charge is 0.178 e. The molecule has 86 valence electrons. The van der Waals surface area contributed by atoms with Crippen LogP contribution in [0, 0.1) is 9.85 Å². The predicted molar refractivity (Wildman–Crippen MR) is 63.5 cm³/mol. The molecular formula is C10H9N2O2S2Zn-. The van der Waals surface area contributed by atoms with Crippen molar-refractivity contribution in [3.05, 3.63) is 58.6 Å². The summed E-state index contributed by atoms with van der Waals surface area (Å²) in [5.41, 5.74) is 0. The van der Waals surface area contributed by atoms with E-state index in [9.17, 15) is 5.21 Å². The molecule has 0 atom stereocenters. The van der Waals surface area contributed by atoms with Crippen molar-refractivity contribution >= 4 is 24.8 Å². The van der Waals surface area contributed by atoms with Gasteiger partial charge in [0, 0.05) is 31.7 Å². The normalized spacial score (nSPS) is 8.47. The van der Waals surface area contributed by atoms with E-state index in [1.54, 1.807) is 36.4 Å². The first-order valence-electron chi connectivity index (χ1n) is 4.33. The average molecular weight is 319 g/mol. The summed E-state index contributed by atoms with van der Waals surface area (Å²) in [6.45, 7) is 0. The van der Waals surface area contributed by atoms with Crippen molar-refractivity contribution < 1.29 is 29.4 Å². The van der Waals surface area contributed by atoms with Crippen molar-refractivity contribution in [2.75, 3.05) is 0 Å². The van der Waals surface area contributed by atoms with E-state index >= 15 is 0 Å². The molecule has 4 nitrogen and oxygen atoms in total. The number of rotatable bonds is 0. The van der Waals surface area contributed by atoms with E-state index in [4.69, 9.17) is 5.21 Å². The Morgan fingerprint density at radius 3 is 2.24 bits per heavy atom. The number of aromatic nitrogens is 2. The molecule has 2 aromatic heterocycles. The van der Waals surface area contributed by atoms with Gasteiger partial charge < -0.3 is 23.0 Å². The third kappa shape index (κ3) is 5.72. The topological polar surface area (TPSA) is 52.1 Å². The van der Waals surface area contributed by atoms with Crippen LogP contribution in [0.4, 0.5) is 0 Å². The molecule has 0 saturated heterocycles. The summed E-state index contributed by atoms with van der Waals surface area (Å²) in [4.78, 5) is 0. The van der Waals surface area contributed by atoms with Crippen molar-refractivity contribution in [1.82, 2.24) is 4.73 Å². The van der Waals surface area contributed by atoms with Crippen LogP contribution in [0.1, 0.15) is 0 Å². The zero-order chi connectivity index (χ0) is 12.0. The third-order valence-corrected chi connectivity index (χ3v) is 2.23. The second-order valence-corrected chi connectivity index (χ2v) is 3.58. The Morgan fingerprint density at radius 2 is 1.88 bits per heavy atom. The molecule has 0 spiro atoms. The third-order valence-electron chi connectivity index (χ3n) is 1.59. The van der Waals surface area contributed by atoms with Crippen molar-refractivity contribution in [1.29, 1.82) is 0 Å². The average Bonchev–Trinajstić information content (AvgIpc) is 2.28. The molecule has 0 aliphatic carbocycles. The number of pyridine rings is 2. The number of nitrogens with zero attached hydrogens (tertiary/aromatic N) is 2. The largest absolute Gasteiger partial charge is 0.709 e. The molecule has 2 heterocycles. The maximum Gasteiger partial charge on any atom is 0.178 e. The van der Waals surface area contributed by atoms with Crippen molar-refractivity contribution in [3.63, 3.8) is 0 Å². The second kappa shape index (κ2) is 8.11. The van der Waals surface area contributed by atoms with Crippen molar-refractivity contribution in [3.8, 4) is 0 Å². The molecule has 0 aliphatic rings. The Hall–Kier alpha value is -1.04. The van der Waals surface area contributed by atoms with Crippen LogP contribution in [-0.2, 0) is 32.1 Å². The van der Waals surface area contributed by atoms with Crippen LogP contribution in [0.3, 0.4) is 0 Å². The Bertz CT molecular complexity index is 498. The van der Waals surface area contributed by atoms with Crippen LogP contribution >= 0.6 is 12.2 Å². The van der Waals surface area contributed by atoms with Gasteiger partial charge in [0.1, 0.15) is 4.64 Å². The van der Waals surface area contributed by atoms with Gasteiger partial charge in [-0.2, -0.15) is 9.46 Å². The van der Waals surface area contributed by atoms with Crippen LogP contribution in [0.2, 0.25) is 0 Å². The Balaban J connectivity index is 0.000000284. The van der Waals surface area contributed by atoms with E-state index in [1.807, 2.05) is 0 Å². The second-order valence-electron chi connectivity index (χ2n) is 2.75. The van der Waals surface area contributed by atoms with Gasteiger partial charge in [0.25, 0.3) is 0 Å². The molecule has 1 N–H and O–H groups in total. The first-order chi connectivity index (χ1) is 7.61. The van der Waals surface area contributed by atoms with E-state index in [2.05, 4.69) is 24.8 Å². The van der Waals surface area contributed by atoms with Gasteiger partial charge in [0.2, 0.25) is 0 Å². The minimum atomic E-state index is 0. The van der Waals surface area contributed by atoms with Crippen LogP contribution in [0.5, 0.6) is 0 Å². The quantitative estimate of drug-likeness (QED) is 0.200. The van der Waals surface area contributed by atoms with Crippen LogP contribution in [0.25, 0.3) is 0 Å². The maximum atomic E-state index is 10.4. The molecule has 0 radical (unpaired) electrons. The number of hydrogen-bond acceptors (Lipinski definition) is 4. The van der Waals surface area contributed by atoms with Gasteiger partial charge in [0.05, 0.1) is 5.03 Å². The molecule has 0 amide bonds. The van der Waals surface area contributed by atoms with E-state index in [-0.39, 0.29) is 19.5 Å². The fourth-order valence-electron chi connectivity index (χ4n) is 0.832. The molecule has 0 aromatic carbocycles. The van der Waals surface area contributed by atoms with Gasteiger partial charge in [-0.15, -0.1) is 0 Å². The summed E-state index contributed by atoms with van der Waals surface area (Å²) in [5.74, 6) is 0. The van der Waals surface area contributed by atoms with E-state index in [0.29, 0.717) is 14.4 Å². The van der Waals surface area contributed by atoms with Crippen molar-refractivity contribution in [2.45, 2.75) is 5.03 Å². The summed E-state index contributed by atoms with van der Waals surface area (Å²) in [5, 5.41) is 19.5. The van der Waals surface area contributed by atoms with Crippen molar-refractivity contribution in [2.24, 2.45) is 0 Å². The summed E-state index contributed by atoms with van der Waals surface area (Å²) in [6.07, 6.45) is 2.87. The maximum absolute atomic E-state index is 10.4. The molecule has 7 heteroatoms. The van der Waals surface area contributed by atoms with E-state index in [1.165, 1.54) is 12.4 Å². The Kier molecular flexibility index (Phi) is 7.62. The van der Waals surface area contributed by atoms with Gasteiger partial charge in [0.15, 0.2) is 6.20 Å². The minimum absolute atomic E-state index is 0. The monoisotopic (exact) mass is 317 g/mol. The Labute approximate surface area is 122 Å². The van der Waals surface area contributed by atoms with E-state index < -0.39 is 0 Å². The minimum Gasteiger partial charge on any atom is -0.709 e. The summed E-state index contributed by atoms with van der Waals surface area (Å²) in [7, 11) is 0. The molecule has 2 aromatic rings. The fraction of sp³-hybridized carbons (Fsp3) is 0. The fourth-order valence-corrected chi connectivity index (χ4v) is 1.11. The van der Waals surface area contributed by atoms with Crippen LogP contribution in [-0.4, -0.2) is 9.94 Å². The molecule has 2 rings (SSSR count). The van der Waals surface area contributed by atoms with Crippen LogP contribution in [0.15, 0.2) is 53.8 Å². The molecule has 0 fully saturated rings. The first kappa shape index (κ1) is 16.0. The van der Waals surface area contributed by atoms with Gasteiger partial charge in [-0.3, -0.25) is 0 Å². The van der Waals surface area contributed by atoms with Gasteiger partial charge in [-0.1, -0.05) is 24.4 Å². The molecule has 0 aliphatic heterocycles. The zero-order valence-corrected chi connectivity index (χ0v) is 13.5. The number of hydrogen-bond donors (Lipinski definition) is 1. The van der Waals surface area contributed by atoms with Gasteiger partial charge in [-0.05, 0) is 18.2 Å². The zero-order valence-electron chi connectivity index (χ0n) is 8.89. The van der Waals surface area contributed by atoms with Gasteiger partial charge >= 0.3 is 0 Å². The van der Waals surface area contributed by atoms with Gasteiger partial charge in [-0.25, -0.2) is 0 Å². The van der Waals surface area contributed by atoms with E-state index in [0.717, 1.165) is 4.73 Å². The summed E-state index contributed by atoms with van der Waals surface area (Å²) >= 11 is 9.27. The summed E-state index contributed by atoms with van der Waals surface area (Å²) < 4.78 is 1.97. The van der Waals surface area contributed by atoms with Crippen LogP contribution < -0.4 is 4.73 Å². The molecular weight excluding hydrogens is 310 g/mol. The first-order valence-corrected chi connectivity index (χ1v) is 5.15. The molecule has 0 saturated carbocycles. The standard InChI is InChI=1S/2C5H5NOS.Zn/c2*7-6-4-2-1-3-5(6)8;/h1-4,8H;1-4,7H;/p-1. The summed E-state index contributed by atoms with van der Waals surface area (Å²) in [6, 6.07) is 10.1.